The lowest BCUT2D eigenvalue weighted by atomic mass is 10.1. The Labute approximate surface area is 124 Å². The van der Waals surface area contributed by atoms with Crippen molar-refractivity contribution in [1.29, 1.82) is 0 Å². The van der Waals surface area contributed by atoms with Gasteiger partial charge in [0.25, 0.3) is 0 Å². The maximum absolute atomic E-state index is 12.6. The zero-order valence-electron chi connectivity index (χ0n) is 12.2. The summed E-state index contributed by atoms with van der Waals surface area (Å²) >= 11 is 0. The second-order valence-electron chi connectivity index (χ2n) is 6.41. The number of carbonyl (C=O) groups is 3. The molecule has 6 heteroatoms. The van der Waals surface area contributed by atoms with Crippen LogP contribution in [0.3, 0.4) is 0 Å². The minimum absolute atomic E-state index is 0.0614. The Hall–Kier alpha value is -1.59. The van der Waals surface area contributed by atoms with Gasteiger partial charge >= 0.3 is 5.97 Å². The van der Waals surface area contributed by atoms with Gasteiger partial charge in [-0.25, -0.2) is 4.79 Å². The van der Waals surface area contributed by atoms with Gasteiger partial charge in [0.2, 0.25) is 11.8 Å². The summed E-state index contributed by atoms with van der Waals surface area (Å²) in [7, 11) is 0. The maximum atomic E-state index is 12.6. The molecule has 0 aromatic carbocycles. The van der Waals surface area contributed by atoms with Gasteiger partial charge in [-0.1, -0.05) is 12.8 Å². The van der Waals surface area contributed by atoms with E-state index in [-0.39, 0.29) is 24.2 Å². The van der Waals surface area contributed by atoms with Crippen LogP contribution in [0, 0.1) is 5.92 Å². The first-order valence-electron chi connectivity index (χ1n) is 7.90. The quantitative estimate of drug-likeness (QED) is 0.837. The van der Waals surface area contributed by atoms with Gasteiger partial charge in [0, 0.05) is 25.6 Å². The largest absolute Gasteiger partial charge is 0.480 e. The van der Waals surface area contributed by atoms with Gasteiger partial charge < -0.3 is 14.9 Å². The summed E-state index contributed by atoms with van der Waals surface area (Å²) in [4.78, 5) is 39.2. The van der Waals surface area contributed by atoms with Gasteiger partial charge in [0.15, 0.2) is 0 Å². The molecule has 2 saturated heterocycles. The number of aliphatic carboxylic acids is 1. The van der Waals surface area contributed by atoms with E-state index in [1.54, 1.807) is 0 Å². The van der Waals surface area contributed by atoms with Gasteiger partial charge in [-0.2, -0.15) is 0 Å². The Bertz CT molecular complexity index is 459. The number of likely N-dealkylation sites (tertiary alicyclic amines) is 2. The lowest BCUT2D eigenvalue weighted by Crippen LogP contribution is -2.44. The fraction of sp³-hybridized carbons (Fsp3) is 0.800. The topological polar surface area (TPSA) is 77.9 Å². The SMILES string of the molecule is O=C(O)[C@@H]1CCCN1C(=O)C1CC(=O)N(C2CCCC2)C1. The molecule has 1 aliphatic carbocycles. The zero-order valence-corrected chi connectivity index (χ0v) is 12.2. The van der Waals surface area contributed by atoms with Gasteiger partial charge in [-0.15, -0.1) is 0 Å². The van der Waals surface area contributed by atoms with Crippen LogP contribution < -0.4 is 0 Å². The number of amides is 2. The molecule has 1 N–H and O–H groups in total. The first kappa shape index (κ1) is 14.4. The minimum atomic E-state index is -0.933. The van der Waals surface area contributed by atoms with E-state index < -0.39 is 12.0 Å². The second-order valence-corrected chi connectivity index (χ2v) is 6.41. The Morgan fingerprint density at radius 2 is 1.81 bits per heavy atom. The van der Waals surface area contributed by atoms with E-state index in [1.807, 2.05) is 4.90 Å². The van der Waals surface area contributed by atoms with Gasteiger partial charge in [0.1, 0.15) is 6.04 Å². The molecule has 0 aromatic rings. The summed E-state index contributed by atoms with van der Waals surface area (Å²) in [5, 5.41) is 9.18. The summed E-state index contributed by atoms with van der Waals surface area (Å²) < 4.78 is 0. The molecule has 2 atom stereocenters. The first-order chi connectivity index (χ1) is 10.1. The number of carbonyl (C=O) groups excluding carboxylic acids is 2. The average molecular weight is 294 g/mol. The Morgan fingerprint density at radius 1 is 1.10 bits per heavy atom. The average Bonchev–Trinajstić information content (AvgIpc) is 3.17. The molecule has 0 spiro atoms. The van der Waals surface area contributed by atoms with E-state index in [4.69, 9.17) is 0 Å². The number of carboxylic acid groups (broad SMARTS) is 1. The molecule has 3 aliphatic rings. The second kappa shape index (κ2) is 5.66. The summed E-state index contributed by atoms with van der Waals surface area (Å²) in [6.07, 6.45) is 5.88. The molecular weight excluding hydrogens is 272 g/mol. The van der Waals surface area contributed by atoms with Crippen LogP contribution in [-0.4, -0.2) is 57.9 Å². The van der Waals surface area contributed by atoms with Crippen molar-refractivity contribution in [3.8, 4) is 0 Å². The van der Waals surface area contributed by atoms with Crippen molar-refractivity contribution < 1.29 is 19.5 Å². The predicted octanol–water partition coefficient (Wildman–Crippen LogP) is 0.853. The molecule has 21 heavy (non-hydrogen) atoms. The van der Waals surface area contributed by atoms with Crippen molar-refractivity contribution in [3.05, 3.63) is 0 Å². The molecule has 116 valence electrons. The molecule has 3 fully saturated rings. The van der Waals surface area contributed by atoms with Crippen LogP contribution in [0.4, 0.5) is 0 Å². The normalized spacial score (nSPS) is 30.4. The highest BCUT2D eigenvalue weighted by Gasteiger charge is 2.43. The molecule has 1 unspecified atom stereocenters. The first-order valence-corrected chi connectivity index (χ1v) is 7.90. The fourth-order valence-electron chi connectivity index (χ4n) is 3.99. The molecule has 3 rings (SSSR count). The van der Waals surface area contributed by atoms with Crippen LogP contribution in [0.1, 0.15) is 44.9 Å². The van der Waals surface area contributed by atoms with E-state index in [9.17, 15) is 19.5 Å². The van der Waals surface area contributed by atoms with E-state index in [0.717, 1.165) is 32.1 Å². The van der Waals surface area contributed by atoms with Crippen LogP contribution >= 0.6 is 0 Å². The fourth-order valence-corrected chi connectivity index (χ4v) is 3.99. The number of carboxylic acids is 1. The number of hydrogen-bond acceptors (Lipinski definition) is 3. The maximum Gasteiger partial charge on any atom is 0.326 e. The highest BCUT2D eigenvalue weighted by Crippen LogP contribution is 2.31. The molecular formula is C15H22N2O4. The number of rotatable bonds is 3. The van der Waals surface area contributed by atoms with Crippen molar-refractivity contribution in [1.82, 2.24) is 9.80 Å². The lowest BCUT2D eigenvalue weighted by molar-refractivity contribution is -0.149. The van der Waals surface area contributed by atoms with Gasteiger partial charge in [-0.05, 0) is 25.7 Å². The minimum Gasteiger partial charge on any atom is -0.480 e. The van der Waals surface area contributed by atoms with Crippen molar-refractivity contribution in [2.75, 3.05) is 13.1 Å². The third kappa shape index (κ3) is 2.63. The Kier molecular flexibility index (Phi) is 3.87. The molecule has 1 saturated carbocycles. The van der Waals surface area contributed by atoms with Crippen molar-refractivity contribution >= 4 is 17.8 Å². The summed E-state index contributed by atoms with van der Waals surface area (Å²) in [6.45, 7) is 0.981. The molecule has 0 radical (unpaired) electrons. The Morgan fingerprint density at radius 3 is 2.48 bits per heavy atom. The van der Waals surface area contributed by atoms with E-state index in [0.29, 0.717) is 25.6 Å². The summed E-state index contributed by atoms with van der Waals surface area (Å²) in [5.74, 6) is -1.36. The highest BCUT2D eigenvalue weighted by molar-refractivity contribution is 5.91. The van der Waals surface area contributed by atoms with Gasteiger partial charge in [-0.3, -0.25) is 9.59 Å². The van der Waals surface area contributed by atoms with Crippen LogP contribution in [0.25, 0.3) is 0 Å². The molecule has 2 aliphatic heterocycles. The highest BCUT2D eigenvalue weighted by atomic mass is 16.4. The third-order valence-corrected chi connectivity index (χ3v) is 5.09. The molecule has 0 aromatic heterocycles. The third-order valence-electron chi connectivity index (χ3n) is 5.09. The van der Waals surface area contributed by atoms with Crippen LogP contribution in [-0.2, 0) is 14.4 Å². The predicted molar refractivity (Wildman–Crippen MR) is 74.4 cm³/mol. The molecule has 0 bridgehead atoms. The number of nitrogens with zero attached hydrogens (tertiary/aromatic N) is 2. The summed E-state index contributed by atoms with van der Waals surface area (Å²) in [5.41, 5.74) is 0. The smallest absolute Gasteiger partial charge is 0.326 e. The van der Waals surface area contributed by atoms with Crippen molar-refractivity contribution in [3.63, 3.8) is 0 Å². The monoisotopic (exact) mass is 294 g/mol. The molecule has 2 amide bonds. The van der Waals surface area contributed by atoms with Crippen LogP contribution in [0.5, 0.6) is 0 Å². The van der Waals surface area contributed by atoms with Crippen molar-refractivity contribution in [2.24, 2.45) is 5.92 Å². The van der Waals surface area contributed by atoms with E-state index in [1.165, 1.54) is 4.90 Å². The lowest BCUT2D eigenvalue weighted by Gasteiger charge is -2.26. The molecule has 2 heterocycles. The summed E-state index contributed by atoms with van der Waals surface area (Å²) in [6, 6.07) is -0.405. The Balaban J connectivity index is 1.66. The van der Waals surface area contributed by atoms with Crippen LogP contribution in [0.15, 0.2) is 0 Å². The van der Waals surface area contributed by atoms with E-state index in [2.05, 4.69) is 0 Å². The van der Waals surface area contributed by atoms with Gasteiger partial charge in [0.05, 0.1) is 5.92 Å². The van der Waals surface area contributed by atoms with E-state index >= 15 is 0 Å². The zero-order chi connectivity index (χ0) is 15.0. The molecule has 6 nitrogen and oxygen atoms in total. The van der Waals surface area contributed by atoms with Crippen LogP contribution in [0.2, 0.25) is 0 Å². The standard InChI is InChI=1S/C15H22N2O4/c18-13-8-10(9-17(13)11-4-1-2-5-11)14(19)16-7-3-6-12(16)15(20)21/h10-12H,1-9H2,(H,20,21)/t10?,12-/m0/s1. The number of hydrogen-bond donors (Lipinski definition) is 1. The van der Waals surface area contributed by atoms with Crippen molar-refractivity contribution in [2.45, 2.75) is 57.0 Å².